The summed E-state index contributed by atoms with van der Waals surface area (Å²) in [6.45, 7) is 2.11. The first-order valence-electron chi connectivity index (χ1n) is 9.04. The van der Waals surface area contributed by atoms with Crippen LogP contribution in [0, 0.1) is 11.8 Å². The van der Waals surface area contributed by atoms with E-state index in [0.29, 0.717) is 17.8 Å². The first-order chi connectivity index (χ1) is 12.5. The molecule has 1 heterocycles. The van der Waals surface area contributed by atoms with Gasteiger partial charge in [0.15, 0.2) is 0 Å². The van der Waals surface area contributed by atoms with Gasteiger partial charge in [-0.05, 0) is 44.0 Å². The molecule has 1 aromatic rings. The van der Waals surface area contributed by atoms with Crippen LogP contribution in [0.15, 0.2) is 24.3 Å². The summed E-state index contributed by atoms with van der Waals surface area (Å²) >= 11 is 0. The van der Waals surface area contributed by atoms with Gasteiger partial charge in [-0.1, -0.05) is 12.8 Å². The van der Waals surface area contributed by atoms with E-state index in [9.17, 15) is 19.2 Å². The first-order valence-corrected chi connectivity index (χ1v) is 9.04. The van der Waals surface area contributed by atoms with E-state index in [2.05, 4.69) is 10.6 Å². The maximum absolute atomic E-state index is 12.4. The SMILES string of the molecule is CCNC(=O)c1ccc(NC(=O)CN2C(=O)C3CCCCC3C2=O)cc1. The summed E-state index contributed by atoms with van der Waals surface area (Å²) in [7, 11) is 0. The van der Waals surface area contributed by atoms with E-state index in [1.54, 1.807) is 24.3 Å². The number of anilines is 1. The van der Waals surface area contributed by atoms with Gasteiger partial charge in [0, 0.05) is 17.8 Å². The fraction of sp³-hybridized carbons (Fsp3) is 0.474. The Morgan fingerprint density at radius 1 is 1.04 bits per heavy atom. The molecule has 1 aliphatic carbocycles. The van der Waals surface area contributed by atoms with Crippen LogP contribution >= 0.6 is 0 Å². The minimum atomic E-state index is -0.420. The van der Waals surface area contributed by atoms with Crippen LogP contribution < -0.4 is 10.6 Å². The lowest BCUT2D eigenvalue weighted by Crippen LogP contribution is -2.38. The monoisotopic (exact) mass is 357 g/mol. The molecule has 26 heavy (non-hydrogen) atoms. The highest BCUT2D eigenvalue weighted by Gasteiger charge is 2.48. The zero-order chi connectivity index (χ0) is 18.7. The molecule has 2 unspecified atom stereocenters. The molecule has 2 fully saturated rings. The molecule has 0 spiro atoms. The van der Waals surface area contributed by atoms with Crippen molar-refractivity contribution in [2.24, 2.45) is 11.8 Å². The van der Waals surface area contributed by atoms with Crippen LogP contribution in [0.4, 0.5) is 5.69 Å². The van der Waals surface area contributed by atoms with Gasteiger partial charge in [-0.15, -0.1) is 0 Å². The van der Waals surface area contributed by atoms with E-state index in [1.807, 2.05) is 6.92 Å². The zero-order valence-corrected chi connectivity index (χ0v) is 14.8. The lowest BCUT2D eigenvalue weighted by Gasteiger charge is -2.19. The summed E-state index contributed by atoms with van der Waals surface area (Å²) in [5.74, 6) is -1.54. The topological polar surface area (TPSA) is 95.6 Å². The summed E-state index contributed by atoms with van der Waals surface area (Å²) in [6, 6.07) is 6.47. The molecule has 1 aliphatic heterocycles. The summed E-state index contributed by atoms with van der Waals surface area (Å²) < 4.78 is 0. The van der Waals surface area contributed by atoms with Crippen molar-refractivity contribution in [3.8, 4) is 0 Å². The number of nitrogens with zero attached hydrogens (tertiary/aromatic N) is 1. The van der Waals surface area contributed by atoms with Crippen molar-refractivity contribution in [2.45, 2.75) is 32.6 Å². The van der Waals surface area contributed by atoms with Crippen LogP contribution in [-0.4, -0.2) is 41.6 Å². The predicted molar refractivity (Wildman–Crippen MR) is 95.2 cm³/mol. The van der Waals surface area contributed by atoms with Crippen LogP contribution in [0.25, 0.3) is 0 Å². The Labute approximate surface area is 152 Å². The molecule has 2 aliphatic rings. The van der Waals surface area contributed by atoms with Crippen molar-refractivity contribution in [1.29, 1.82) is 0 Å². The Morgan fingerprint density at radius 2 is 1.62 bits per heavy atom. The number of carbonyl (C=O) groups excluding carboxylic acids is 4. The second-order valence-electron chi connectivity index (χ2n) is 6.75. The number of rotatable bonds is 5. The minimum Gasteiger partial charge on any atom is -0.352 e. The molecule has 2 atom stereocenters. The summed E-state index contributed by atoms with van der Waals surface area (Å²) in [5.41, 5.74) is 1.01. The quantitative estimate of drug-likeness (QED) is 0.782. The van der Waals surface area contributed by atoms with Crippen LogP contribution in [-0.2, 0) is 14.4 Å². The largest absolute Gasteiger partial charge is 0.352 e. The number of carbonyl (C=O) groups is 4. The van der Waals surface area contributed by atoms with Crippen LogP contribution in [0.5, 0.6) is 0 Å². The van der Waals surface area contributed by atoms with Crippen molar-refractivity contribution in [1.82, 2.24) is 10.2 Å². The number of hydrogen-bond acceptors (Lipinski definition) is 4. The van der Waals surface area contributed by atoms with Gasteiger partial charge in [-0.3, -0.25) is 24.1 Å². The third-order valence-electron chi connectivity index (χ3n) is 5.00. The highest BCUT2D eigenvalue weighted by Crippen LogP contribution is 2.37. The summed E-state index contributed by atoms with van der Waals surface area (Å²) in [5, 5.41) is 5.37. The Bertz CT molecular complexity index is 705. The third-order valence-corrected chi connectivity index (χ3v) is 5.00. The van der Waals surface area contributed by atoms with Gasteiger partial charge in [0.1, 0.15) is 6.54 Å². The van der Waals surface area contributed by atoms with Crippen molar-refractivity contribution in [3.05, 3.63) is 29.8 Å². The van der Waals surface area contributed by atoms with Gasteiger partial charge in [0.25, 0.3) is 5.91 Å². The van der Waals surface area contributed by atoms with Crippen molar-refractivity contribution >= 4 is 29.3 Å². The van der Waals surface area contributed by atoms with Gasteiger partial charge in [-0.25, -0.2) is 0 Å². The van der Waals surface area contributed by atoms with E-state index < -0.39 is 5.91 Å². The average molecular weight is 357 g/mol. The van der Waals surface area contributed by atoms with Gasteiger partial charge in [-0.2, -0.15) is 0 Å². The zero-order valence-electron chi connectivity index (χ0n) is 14.8. The van der Waals surface area contributed by atoms with Gasteiger partial charge >= 0.3 is 0 Å². The molecule has 0 aromatic heterocycles. The summed E-state index contributed by atoms with van der Waals surface area (Å²) in [4.78, 5) is 49.9. The van der Waals surface area contributed by atoms with Gasteiger partial charge in [0.2, 0.25) is 17.7 Å². The fourth-order valence-corrected chi connectivity index (χ4v) is 3.70. The summed E-state index contributed by atoms with van der Waals surface area (Å²) in [6.07, 6.45) is 3.37. The number of imide groups is 1. The highest BCUT2D eigenvalue weighted by atomic mass is 16.2. The molecule has 1 saturated carbocycles. The number of amides is 4. The molecule has 4 amide bonds. The Morgan fingerprint density at radius 3 is 2.15 bits per heavy atom. The third kappa shape index (κ3) is 3.61. The maximum atomic E-state index is 12.4. The smallest absolute Gasteiger partial charge is 0.251 e. The molecule has 7 heteroatoms. The number of likely N-dealkylation sites (tertiary alicyclic amines) is 1. The molecule has 0 radical (unpaired) electrons. The lowest BCUT2D eigenvalue weighted by atomic mass is 9.81. The number of fused-ring (bicyclic) bond motifs is 1. The van der Waals surface area contributed by atoms with Crippen LogP contribution in [0.1, 0.15) is 43.0 Å². The molecule has 7 nitrogen and oxygen atoms in total. The normalized spacial score (nSPS) is 22.1. The van der Waals surface area contributed by atoms with E-state index in [0.717, 1.165) is 30.6 Å². The Kier molecular flexibility index (Phi) is 5.35. The van der Waals surface area contributed by atoms with Crippen molar-refractivity contribution < 1.29 is 19.2 Å². The molecule has 3 rings (SSSR count). The van der Waals surface area contributed by atoms with E-state index in [-0.39, 0.29) is 36.1 Å². The van der Waals surface area contributed by atoms with Crippen LogP contribution in [0.2, 0.25) is 0 Å². The highest BCUT2D eigenvalue weighted by molar-refractivity contribution is 6.08. The van der Waals surface area contributed by atoms with Gasteiger partial charge < -0.3 is 10.6 Å². The van der Waals surface area contributed by atoms with Crippen molar-refractivity contribution in [3.63, 3.8) is 0 Å². The second kappa shape index (κ2) is 7.68. The van der Waals surface area contributed by atoms with E-state index in [1.165, 1.54) is 0 Å². The van der Waals surface area contributed by atoms with Crippen LogP contribution in [0.3, 0.4) is 0 Å². The number of nitrogens with one attached hydrogen (secondary N) is 2. The lowest BCUT2D eigenvalue weighted by molar-refractivity contribution is -0.142. The predicted octanol–water partition coefficient (Wildman–Crippen LogP) is 1.55. The minimum absolute atomic E-state index is 0.179. The van der Waals surface area contributed by atoms with E-state index >= 15 is 0 Å². The standard InChI is InChI=1S/C19H23N3O4/c1-2-20-17(24)12-7-9-13(10-8-12)21-16(23)11-22-18(25)14-5-3-4-6-15(14)19(22)26/h7-10,14-15H,2-6,11H2,1H3,(H,20,24)(H,21,23). The van der Waals surface area contributed by atoms with E-state index in [4.69, 9.17) is 0 Å². The Hall–Kier alpha value is -2.70. The second-order valence-corrected chi connectivity index (χ2v) is 6.75. The maximum Gasteiger partial charge on any atom is 0.251 e. The van der Waals surface area contributed by atoms with Gasteiger partial charge in [0.05, 0.1) is 11.8 Å². The number of hydrogen-bond donors (Lipinski definition) is 2. The molecule has 2 N–H and O–H groups in total. The molecule has 1 saturated heterocycles. The average Bonchev–Trinajstić information content (AvgIpc) is 2.88. The van der Waals surface area contributed by atoms with Crippen molar-refractivity contribution in [2.75, 3.05) is 18.4 Å². The molecular weight excluding hydrogens is 334 g/mol. The molecule has 1 aromatic carbocycles. The Balaban J connectivity index is 1.59. The number of benzene rings is 1. The first kappa shape index (κ1) is 18.1. The fourth-order valence-electron chi connectivity index (χ4n) is 3.70. The molecule has 0 bridgehead atoms. The molecular formula is C19H23N3O4. The molecule has 138 valence electrons.